The maximum atomic E-state index is 13.3. The fourth-order valence-electron chi connectivity index (χ4n) is 2.56. The predicted octanol–water partition coefficient (Wildman–Crippen LogP) is 4.27. The van der Waals surface area contributed by atoms with Gasteiger partial charge in [-0.05, 0) is 48.5 Å². The van der Waals surface area contributed by atoms with Crippen LogP contribution in [0.1, 0.15) is 31.1 Å². The molecular weight excluding hydrogens is 381 g/mol. The number of hydrogen-bond donors (Lipinski definition) is 3. The lowest BCUT2D eigenvalue weighted by atomic mass is 10.1. The van der Waals surface area contributed by atoms with Crippen LogP contribution in [-0.2, 0) is 0 Å². The normalized spacial score (nSPS) is 10.2. The van der Waals surface area contributed by atoms with Crippen LogP contribution in [0.5, 0.6) is 11.5 Å². The number of ether oxygens (including phenoxy) is 1. The Balaban J connectivity index is 1.88. The Morgan fingerprint density at radius 2 is 1.55 bits per heavy atom. The van der Waals surface area contributed by atoms with Crippen molar-refractivity contribution >= 4 is 23.5 Å². The molecule has 3 rings (SSSR count). The van der Waals surface area contributed by atoms with E-state index in [1.165, 1.54) is 30.3 Å². The summed E-state index contributed by atoms with van der Waals surface area (Å²) >= 11 is 0. The number of benzene rings is 3. The second kappa shape index (κ2) is 8.22. The molecule has 3 aromatic carbocycles. The van der Waals surface area contributed by atoms with Crippen molar-refractivity contribution < 1.29 is 33.7 Å². The summed E-state index contributed by atoms with van der Waals surface area (Å²) in [5.74, 6) is -3.65. The number of amides is 1. The fourth-order valence-corrected chi connectivity index (χ4v) is 2.56. The van der Waals surface area contributed by atoms with Gasteiger partial charge in [0.15, 0.2) is 5.75 Å². The predicted molar refractivity (Wildman–Crippen MR) is 101 cm³/mol. The summed E-state index contributed by atoms with van der Waals surface area (Å²) in [7, 11) is 0. The van der Waals surface area contributed by atoms with Crippen molar-refractivity contribution in [2.75, 3.05) is 5.32 Å². The molecule has 7 nitrogen and oxygen atoms in total. The lowest BCUT2D eigenvalue weighted by Gasteiger charge is -2.13. The number of anilines is 1. The largest absolute Gasteiger partial charge is 0.478 e. The van der Waals surface area contributed by atoms with Crippen molar-refractivity contribution in [1.29, 1.82) is 0 Å². The van der Waals surface area contributed by atoms with E-state index in [2.05, 4.69) is 5.32 Å². The molecule has 146 valence electrons. The molecule has 0 unspecified atom stereocenters. The monoisotopic (exact) mass is 395 g/mol. The molecule has 3 aromatic rings. The van der Waals surface area contributed by atoms with Crippen LogP contribution < -0.4 is 10.1 Å². The summed E-state index contributed by atoms with van der Waals surface area (Å²) in [4.78, 5) is 34.8. The van der Waals surface area contributed by atoms with Gasteiger partial charge in [-0.15, -0.1) is 0 Å². The average Bonchev–Trinajstić information content (AvgIpc) is 2.69. The first kappa shape index (κ1) is 19.6. The number of carbonyl (C=O) groups excluding carboxylic acids is 1. The van der Waals surface area contributed by atoms with Crippen molar-refractivity contribution in [1.82, 2.24) is 0 Å². The van der Waals surface area contributed by atoms with Crippen LogP contribution in [0.4, 0.5) is 10.1 Å². The van der Waals surface area contributed by atoms with Crippen LogP contribution >= 0.6 is 0 Å². The molecule has 0 aromatic heterocycles. The highest BCUT2D eigenvalue weighted by Crippen LogP contribution is 2.31. The first-order valence-corrected chi connectivity index (χ1v) is 8.29. The number of aromatic carboxylic acids is 2. The second-order valence-corrected chi connectivity index (χ2v) is 5.88. The van der Waals surface area contributed by atoms with Crippen molar-refractivity contribution in [3.05, 3.63) is 89.2 Å². The zero-order valence-corrected chi connectivity index (χ0v) is 14.8. The Hall–Kier alpha value is -4.20. The van der Waals surface area contributed by atoms with Crippen molar-refractivity contribution in [3.63, 3.8) is 0 Å². The lowest BCUT2D eigenvalue weighted by Crippen LogP contribution is -2.12. The Morgan fingerprint density at radius 3 is 2.24 bits per heavy atom. The first-order chi connectivity index (χ1) is 13.8. The van der Waals surface area contributed by atoms with Crippen LogP contribution in [0.3, 0.4) is 0 Å². The minimum atomic E-state index is -1.42. The number of carboxylic acid groups (broad SMARTS) is 2. The lowest BCUT2D eigenvalue weighted by molar-refractivity contribution is 0.0651. The van der Waals surface area contributed by atoms with E-state index in [0.717, 1.165) is 18.2 Å². The third-order valence-electron chi connectivity index (χ3n) is 3.90. The molecule has 0 saturated carbocycles. The van der Waals surface area contributed by atoms with E-state index in [1.807, 2.05) is 0 Å². The Kier molecular flexibility index (Phi) is 5.54. The van der Waals surface area contributed by atoms with E-state index >= 15 is 0 Å². The molecule has 0 aliphatic heterocycles. The highest BCUT2D eigenvalue weighted by molar-refractivity contribution is 6.05. The van der Waals surface area contributed by atoms with Gasteiger partial charge in [0.2, 0.25) is 0 Å². The standard InChI is InChI=1S/C21H14FNO6/c22-13-5-3-4-12(10-13)19(24)23-17-6-1-2-7-18(17)29-14-8-9-15(20(25)26)16(11-14)21(27)28/h1-11H,(H,23,24)(H,25,26)(H,27,28). The van der Waals surface area contributed by atoms with Gasteiger partial charge in [-0.1, -0.05) is 18.2 Å². The molecule has 8 heteroatoms. The molecular formula is C21H14FNO6. The third-order valence-corrected chi connectivity index (χ3v) is 3.90. The number of nitrogens with one attached hydrogen (secondary N) is 1. The quantitative estimate of drug-likeness (QED) is 0.575. The zero-order chi connectivity index (χ0) is 21.0. The first-order valence-electron chi connectivity index (χ1n) is 8.29. The summed E-state index contributed by atoms with van der Waals surface area (Å²) in [6, 6.07) is 15.0. The van der Waals surface area contributed by atoms with Gasteiger partial charge in [-0.25, -0.2) is 14.0 Å². The Labute approximate surface area is 164 Å². The van der Waals surface area contributed by atoms with Gasteiger partial charge in [-0.3, -0.25) is 4.79 Å². The van der Waals surface area contributed by atoms with Crippen LogP contribution in [0.15, 0.2) is 66.7 Å². The minimum absolute atomic E-state index is 0.0693. The van der Waals surface area contributed by atoms with Crippen LogP contribution in [0.25, 0.3) is 0 Å². The molecule has 3 N–H and O–H groups in total. The van der Waals surface area contributed by atoms with Crippen molar-refractivity contribution in [3.8, 4) is 11.5 Å². The average molecular weight is 395 g/mol. The second-order valence-electron chi connectivity index (χ2n) is 5.88. The summed E-state index contributed by atoms with van der Waals surface area (Å²) < 4.78 is 19.0. The highest BCUT2D eigenvalue weighted by atomic mass is 19.1. The molecule has 0 atom stereocenters. The maximum absolute atomic E-state index is 13.3. The van der Waals surface area contributed by atoms with Crippen LogP contribution in [0, 0.1) is 5.82 Å². The summed E-state index contributed by atoms with van der Waals surface area (Å²) in [6.45, 7) is 0. The SMILES string of the molecule is O=C(Nc1ccccc1Oc1ccc(C(=O)O)c(C(=O)O)c1)c1cccc(F)c1. The van der Waals surface area contributed by atoms with Crippen LogP contribution in [0.2, 0.25) is 0 Å². The number of halogens is 1. The van der Waals surface area contributed by atoms with Gasteiger partial charge in [0, 0.05) is 5.56 Å². The molecule has 0 bridgehead atoms. The number of rotatable bonds is 6. The molecule has 0 aliphatic carbocycles. The molecule has 1 amide bonds. The number of hydrogen-bond acceptors (Lipinski definition) is 4. The molecule has 0 fully saturated rings. The minimum Gasteiger partial charge on any atom is -0.478 e. The van der Waals surface area contributed by atoms with Crippen LogP contribution in [-0.4, -0.2) is 28.1 Å². The molecule has 0 radical (unpaired) electrons. The van der Waals surface area contributed by atoms with E-state index in [0.29, 0.717) is 0 Å². The fraction of sp³-hybridized carbons (Fsp3) is 0. The third kappa shape index (κ3) is 4.56. The highest BCUT2D eigenvalue weighted by Gasteiger charge is 2.18. The molecule has 29 heavy (non-hydrogen) atoms. The summed E-state index contributed by atoms with van der Waals surface area (Å²) in [5.41, 5.74) is -0.437. The Morgan fingerprint density at radius 1 is 0.828 bits per heavy atom. The molecule has 0 spiro atoms. The van der Waals surface area contributed by atoms with Crippen molar-refractivity contribution in [2.45, 2.75) is 0 Å². The smallest absolute Gasteiger partial charge is 0.336 e. The van der Waals surface area contributed by atoms with E-state index in [-0.39, 0.29) is 28.3 Å². The molecule has 0 aliphatic rings. The summed E-state index contributed by atoms with van der Waals surface area (Å²) in [5, 5.41) is 20.9. The van der Waals surface area contributed by atoms with Gasteiger partial charge in [0.1, 0.15) is 11.6 Å². The Bertz CT molecular complexity index is 1110. The molecule has 0 heterocycles. The molecule has 0 saturated heterocycles. The van der Waals surface area contributed by atoms with Gasteiger partial charge < -0.3 is 20.3 Å². The number of carboxylic acids is 2. The van der Waals surface area contributed by atoms with E-state index in [9.17, 15) is 23.9 Å². The zero-order valence-electron chi connectivity index (χ0n) is 14.8. The van der Waals surface area contributed by atoms with E-state index in [1.54, 1.807) is 18.2 Å². The maximum Gasteiger partial charge on any atom is 0.336 e. The van der Waals surface area contributed by atoms with Gasteiger partial charge >= 0.3 is 11.9 Å². The van der Waals surface area contributed by atoms with E-state index in [4.69, 9.17) is 9.84 Å². The van der Waals surface area contributed by atoms with Gasteiger partial charge in [-0.2, -0.15) is 0 Å². The topological polar surface area (TPSA) is 113 Å². The number of carbonyl (C=O) groups is 3. The number of para-hydroxylation sites is 2. The van der Waals surface area contributed by atoms with E-state index < -0.39 is 29.2 Å². The van der Waals surface area contributed by atoms with Gasteiger partial charge in [0.25, 0.3) is 5.91 Å². The van der Waals surface area contributed by atoms with Gasteiger partial charge in [0.05, 0.1) is 16.8 Å². The summed E-state index contributed by atoms with van der Waals surface area (Å²) in [6.07, 6.45) is 0. The van der Waals surface area contributed by atoms with Crippen molar-refractivity contribution in [2.24, 2.45) is 0 Å².